The van der Waals surface area contributed by atoms with E-state index in [9.17, 15) is 9.59 Å². The van der Waals surface area contributed by atoms with Crippen LogP contribution in [0, 0.1) is 0 Å². The maximum atomic E-state index is 12.9. The molecule has 0 bridgehead atoms. The molecule has 4 heterocycles. The second-order valence-electron chi connectivity index (χ2n) is 13.2. The van der Waals surface area contributed by atoms with E-state index in [4.69, 9.17) is 23.7 Å². The molecule has 0 aliphatic carbocycles. The number of carbonyl (C=O) groups is 2. The number of aryl methyl sites for hydroxylation is 1. The van der Waals surface area contributed by atoms with Crippen molar-refractivity contribution in [2.24, 2.45) is 0 Å². The number of hydrogen-bond donors (Lipinski definition) is 1. The van der Waals surface area contributed by atoms with Gasteiger partial charge in [0.15, 0.2) is 29.0 Å². The number of nitrogens with zero attached hydrogens (tertiary/aromatic N) is 5. The van der Waals surface area contributed by atoms with Gasteiger partial charge in [-0.25, -0.2) is 24.5 Å². The van der Waals surface area contributed by atoms with E-state index in [1.807, 2.05) is 24.5 Å². The third-order valence-electron chi connectivity index (χ3n) is 7.87. The van der Waals surface area contributed by atoms with E-state index in [1.54, 1.807) is 38.9 Å². The molecule has 256 valence electrons. The summed E-state index contributed by atoms with van der Waals surface area (Å²) >= 11 is 1.63. The van der Waals surface area contributed by atoms with Gasteiger partial charge in [0.1, 0.15) is 18.0 Å². The Kier molecular flexibility index (Phi) is 11.3. The largest absolute Gasteiger partial charge is 0.467 e. The number of anilines is 1. The first-order chi connectivity index (χ1) is 22.4. The first-order valence-electron chi connectivity index (χ1n) is 16.0. The van der Waals surface area contributed by atoms with E-state index in [0.29, 0.717) is 35.7 Å². The molecule has 14 heteroatoms. The summed E-state index contributed by atoms with van der Waals surface area (Å²) in [7, 11) is 1.33. The third-order valence-corrected chi connectivity index (χ3v) is 9.25. The predicted octanol–water partition coefficient (Wildman–Crippen LogP) is 4.82. The van der Waals surface area contributed by atoms with Gasteiger partial charge in [0, 0.05) is 24.1 Å². The summed E-state index contributed by atoms with van der Waals surface area (Å²) in [5.74, 6) is -0.0651. The van der Waals surface area contributed by atoms with Gasteiger partial charge < -0.3 is 29.0 Å². The maximum Gasteiger partial charge on any atom is 0.411 e. The zero-order chi connectivity index (χ0) is 33.6. The average molecular weight is 671 g/mol. The fraction of sp³-hybridized carbons (Fsp3) is 0.606. The highest BCUT2D eigenvalue weighted by Gasteiger charge is 2.43. The van der Waals surface area contributed by atoms with Gasteiger partial charge in [-0.2, -0.15) is 11.8 Å². The highest BCUT2D eigenvalue weighted by atomic mass is 32.2. The van der Waals surface area contributed by atoms with Crippen molar-refractivity contribution in [3.05, 3.63) is 48.5 Å². The lowest BCUT2D eigenvalue weighted by molar-refractivity contribution is -0.273. The highest BCUT2D eigenvalue weighted by molar-refractivity contribution is 8.00. The van der Waals surface area contributed by atoms with Crippen LogP contribution in [-0.4, -0.2) is 104 Å². The van der Waals surface area contributed by atoms with Gasteiger partial charge in [-0.05, 0) is 59.4 Å². The number of likely N-dealkylation sites (tertiary alicyclic amines) is 1. The first kappa shape index (κ1) is 34.9. The van der Waals surface area contributed by atoms with Gasteiger partial charge in [0.05, 0.1) is 32.8 Å². The molecular weight excluding hydrogens is 624 g/mol. The molecule has 0 radical (unpaired) electrons. The lowest BCUT2D eigenvalue weighted by atomic mass is 10.1. The maximum absolute atomic E-state index is 12.9. The summed E-state index contributed by atoms with van der Waals surface area (Å²) in [5.41, 5.74) is 1.90. The minimum atomic E-state index is -0.835. The number of benzene rings is 1. The monoisotopic (exact) mass is 670 g/mol. The van der Waals surface area contributed by atoms with Crippen molar-refractivity contribution in [3.8, 4) is 0 Å². The fourth-order valence-corrected chi connectivity index (χ4v) is 6.77. The van der Waals surface area contributed by atoms with E-state index in [0.717, 1.165) is 19.4 Å². The lowest BCUT2D eigenvalue weighted by Crippen LogP contribution is -2.44. The van der Waals surface area contributed by atoms with Crippen LogP contribution in [0.15, 0.2) is 43.0 Å². The number of amides is 1. The number of rotatable bonds is 10. The van der Waals surface area contributed by atoms with E-state index >= 15 is 0 Å². The topological polar surface area (TPSA) is 139 Å². The molecule has 2 aromatic heterocycles. The number of hydrogen-bond acceptors (Lipinski definition) is 12. The number of aromatic nitrogens is 4. The third kappa shape index (κ3) is 9.34. The number of imidazole rings is 1. The van der Waals surface area contributed by atoms with Crippen LogP contribution in [0.5, 0.6) is 0 Å². The van der Waals surface area contributed by atoms with Gasteiger partial charge in [-0.1, -0.05) is 30.3 Å². The first-order valence-corrected chi connectivity index (χ1v) is 17.0. The summed E-state index contributed by atoms with van der Waals surface area (Å²) in [6, 6.07) is 9.68. The number of esters is 1. The van der Waals surface area contributed by atoms with Crippen molar-refractivity contribution < 1.29 is 33.3 Å². The molecule has 0 unspecified atom stereocenters. The zero-order valence-electron chi connectivity index (χ0n) is 28.0. The molecule has 2 aliphatic rings. The van der Waals surface area contributed by atoms with E-state index < -0.39 is 35.7 Å². The molecular formula is C33H46N6O7S. The van der Waals surface area contributed by atoms with Crippen LogP contribution in [0.1, 0.15) is 59.3 Å². The Morgan fingerprint density at radius 2 is 1.87 bits per heavy atom. The molecule has 0 spiro atoms. The molecule has 1 amide bonds. The fourth-order valence-electron chi connectivity index (χ4n) is 5.52. The molecule has 4 atom stereocenters. The van der Waals surface area contributed by atoms with Gasteiger partial charge in [-0.3, -0.25) is 9.47 Å². The molecule has 13 nitrogen and oxygen atoms in total. The second-order valence-corrected chi connectivity index (χ2v) is 14.5. The average Bonchev–Trinajstić information content (AvgIpc) is 3.66. The number of fused-ring (bicyclic) bond motifs is 1. The quantitative estimate of drug-likeness (QED) is 0.234. The van der Waals surface area contributed by atoms with Crippen molar-refractivity contribution in [3.63, 3.8) is 0 Å². The smallest absolute Gasteiger partial charge is 0.411 e. The van der Waals surface area contributed by atoms with Crippen LogP contribution < -0.4 is 5.32 Å². The van der Waals surface area contributed by atoms with Crippen LogP contribution in [-0.2, 0) is 34.9 Å². The number of ether oxygens (including phenoxy) is 5. The van der Waals surface area contributed by atoms with Crippen molar-refractivity contribution >= 4 is 40.8 Å². The SMILES string of the molecule is COC(=O)[C@@H]1C[C@H](SC[C@@H]2COC(C)(C)OC[C@H](n3cnc4c(NCCCc5ccccc5)ncnc43)O2)CN1C(=O)OC(C)(C)C. The lowest BCUT2D eigenvalue weighted by Gasteiger charge is -2.35. The summed E-state index contributed by atoms with van der Waals surface area (Å²) < 4.78 is 31.2. The van der Waals surface area contributed by atoms with E-state index in [2.05, 4.69) is 44.5 Å². The predicted molar refractivity (Wildman–Crippen MR) is 178 cm³/mol. The molecule has 2 saturated heterocycles. The van der Waals surface area contributed by atoms with Crippen molar-refractivity contribution in [2.75, 3.05) is 44.5 Å². The molecule has 2 aliphatic heterocycles. The summed E-state index contributed by atoms with van der Waals surface area (Å²) in [4.78, 5) is 40.6. The molecule has 2 fully saturated rings. The Hall–Kier alpha value is -3.46. The number of carbonyl (C=O) groups excluding carboxylic acids is 2. The standard InChI is InChI=1S/C33H46N6O7S/c1-32(2,3)46-31(41)38-16-24(15-25(38)30(40)42-6)47-19-23-17-43-33(4,5)44-18-26(45-23)39-21-37-27-28(35-20-36-29(27)39)34-14-10-13-22-11-8-7-9-12-22/h7-9,11-12,20-21,23-26H,10,13-19H2,1-6H3,(H,34,35,36)/t23-,24-,25-,26+/m0/s1. The summed E-state index contributed by atoms with van der Waals surface area (Å²) in [5, 5.41) is 3.39. The normalized spacial score (nSPS) is 23.2. The minimum absolute atomic E-state index is 0.0271. The van der Waals surface area contributed by atoms with Gasteiger partial charge in [-0.15, -0.1) is 0 Å². The highest BCUT2D eigenvalue weighted by Crippen LogP contribution is 2.33. The van der Waals surface area contributed by atoms with Crippen molar-refractivity contribution in [2.45, 2.75) is 88.9 Å². The second kappa shape index (κ2) is 15.2. The Morgan fingerprint density at radius 1 is 1.11 bits per heavy atom. The van der Waals surface area contributed by atoms with Crippen LogP contribution >= 0.6 is 11.8 Å². The Morgan fingerprint density at radius 3 is 2.62 bits per heavy atom. The van der Waals surface area contributed by atoms with Crippen LogP contribution in [0.25, 0.3) is 11.2 Å². The zero-order valence-corrected chi connectivity index (χ0v) is 28.8. The number of nitrogens with one attached hydrogen (secondary N) is 1. The van der Waals surface area contributed by atoms with E-state index in [1.165, 1.54) is 23.9 Å². The molecule has 3 aromatic rings. The molecule has 0 saturated carbocycles. The van der Waals surface area contributed by atoms with Crippen LogP contribution in [0.4, 0.5) is 10.6 Å². The number of thioether (sulfide) groups is 1. The molecule has 1 aromatic carbocycles. The summed E-state index contributed by atoms with van der Waals surface area (Å²) in [6.07, 6.45) is 4.21. The minimum Gasteiger partial charge on any atom is -0.467 e. The molecule has 47 heavy (non-hydrogen) atoms. The van der Waals surface area contributed by atoms with Crippen LogP contribution in [0.2, 0.25) is 0 Å². The molecule has 5 rings (SSSR count). The Labute approximate surface area is 280 Å². The molecule has 1 N–H and O–H groups in total. The van der Waals surface area contributed by atoms with Gasteiger partial charge >= 0.3 is 12.1 Å². The van der Waals surface area contributed by atoms with Gasteiger partial charge in [0.2, 0.25) is 0 Å². The van der Waals surface area contributed by atoms with Crippen molar-refractivity contribution in [1.29, 1.82) is 0 Å². The Balaban J connectivity index is 1.25. The van der Waals surface area contributed by atoms with Crippen molar-refractivity contribution in [1.82, 2.24) is 24.4 Å². The van der Waals surface area contributed by atoms with Gasteiger partial charge in [0.25, 0.3) is 0 Å². The van der Waals surface area contributed by atoms with E-state index in [-0.39, 0.29) is 24.6 Å². The number of methoxy groups -OCH3 is 1. The van der Waals surface area contributed by atoms with Crippen LogP contribution in [0.3, 0.4) is 0 Å². The Bertz CT molecular complexity index is 1500. The summed E-state index contributed by atoms with van der Waals surface area (Å²) in [6.45, 7) is 10.7.